The van der Waals surface area contributed by atoms with Gasteiger partial charge in [0.05, 0.1) is 11.4 Å². The Morgan fingerprint density at radius 1 is 1.33 bits per heavy atom. The van der Waals surface area contributed by atoms with E-state index in [2.05, 4.69) is 36.7 Å². The summed E-state index contributed by atoms with van der Waals surface area (Å²) in [7, 11) is 0. The molecule has 0 aliphatic carbocycles. The molecule has 100 valence electrons. The first-order chi connectivity index (χ1) is 8.51. The Balaban J connectivity index is 2.98. The zero-order valence-electron chi connectivity index (χ0n) is 11.0. The Morgan fingerprint density at radius 3 is 2.33 bits per heavy atom. The Hall–Kier alpha value is -0.540. The molecule has 0 heterocycles. The van der Waals surface area contributed by atoms with Crippen molar-refractivity contribution in [2.45, 2.75) is 39.3 Å². The van der Waals surface area contributed by atoms with Crippen molar-refractivity contribution in [1.29, 1.82) is 0 Å². The van der Waals surface area contributed by atoms with E-state index in [-0.39, 0.29) is 18.0 Å². The monoisotopic (exact) mass is 331 g/mol. The van der Waals surface area contributed by atoms with Gasteiger partial charge in [0.15, 0.2) is 0 Å². The van der Waals surface area contributed by atoms with Crippen LogP contribution in [0.2, 0.25) is 5.02 Å². The molecule has 0 aromatic heterocycles. The molecular formula is C14H19BrClNO. The van der Waals surface area contributed by atoms with Crippen LogP contribution in [0.4, 0.5) is 0 Å². The number of carbonyl (C=O) groups is 1. The van der Waals surface area contributed by atoms with Crippen molar-refractivity contribution in [3.63, 3.8) is 0 Å². The van der Waals surface area contributed by atoms with Crippen LogP contribution in [0.5, 0.6) is 0 Å². The van der Waals surface area contributed by atoms with Crippen molar-refractivity contribution in [2.75, 3.05) is 5.33 Å². The van der Waals surface area contributed by atoms with Crippen LogP contribution in [0.25, 0.3) is 0 Å². The lowest BCUT2D eigenvalue weighted by Crippen LogP contribution is -2.40. The van der Waals surface area contributed by atoms with E-state index in [1.165, 1.54) is 0 Å². The van der Waals surface area contributed by atoms with Gasteiger partial charge in [-0.1, -0.05) is 46.6 Å². The normalized spacial score (nSPS) is 14.1. The van der Waals surface area contributed by atoms with Gasteiger partial charge in [-0.05, 0) is 38.0 Å². The first-order valence-corrected chi connectivity index (χ1v) is 7.63. The average Bonchev–Trinajstić information content (AvgIpc) is 2.39. The van der Waals surface area contributed by atoms with Gasteiger partial charge in [-0.15, -0.1) is 0 Å². The third kappa shape index (κ3) is 3.72. The minimum atomic E-state index is 0.0577. The van der Waals surface area contributed by atoms with E-state index in [9.17, 15) is 4.79 Å². The minimum Gasteiger partial charge on any atom is -0.333 e. The van der Waals surface area contributed by atoms with E-state index in [1.54, 1.807) is 0 Å². The maximum atomic E-state index is 12.0. The second-order valence-electron chi connectivity index (χ2n) is 4.42. The summed E-state index contributed by atoms with van der Waals surface area (Å²) >= 11 is 9.14. The molecule has 0 aliphatic heterocycles. The van der Waals surface area contributed by atoms with E-state index in [4.69, 9.17) is 11.6 Å². The average molecular weight is 333 g/mol. The smallest absolute Gasteiger partial charge is 0.233 e. The van der Waals surface area contributed by atoms with Crippen molar-refractivity contribution < 1.29 is 4.79 Å². The Kier molecular flexibility index (Phi) is 6.16. The van der Waals surface area contributed by atoms with Crippen LogP contribution in [0.3, 0.4) is 0 Å². The molecule has 2 unspecified atom stereocenters. The largest absolute Gasteiger partial charge is 0.333 e. The molecular weight excluding hydrogens is 314 g/mol. The summed E-state index contributed by atoms with van der Waals surface area (Å²) in [6.07, 6.45) is 0.941. The van der Waals surface area contributed by atoms with Gasteiger partial charge in [-0.3, -0.25) is 4.79 Å². The molecule has 0 aliphatic rings. The molecule has 0 fully saturated rings. The van der Waals surface area contributed by atoms with Crippen LogP contribution in [-0.4, -0.2) is 22.2 Å². The molecule has 1 rings (SSSR count). The van der Waals surface area contributed by atoms with E-state index < -0.39 is 0 Å². The second-order valence-corrected chi connectivity index (χ2v) is 5.42. The van der Waals surface area contributed by atoms with Crippen molar-refractivity contribution in [3.8, 4) is 0 Å². The van der Waals surface area contributed by atoms with Crippen molar-refractivity contribution in [3.05, 3.63) is 34.9 Å². The molecule has 0 spiro atoms. The lowest BCUT2D eigenvalue weighted by Gasteiger charge is -2.34. The fourth-order valence-electron chi connectivity index (χ4n) is 2.01. The number of nitrogens with zero attached hydrogens (tertiary/aromatic N) is 1. The molecule has 4 heteroatoms. The van der Waals surface area contributed by atoms with Gasteiger partial charge in [0.1, 0.15) is 0 Å². The predicted molar refractivity (Wildman–Crippen MR) is 80.3 cm³/mol. The van der Waals surface area contributed by atoms with Crippen LogP contribution in [0, 0.1) is 0 Å². The minimum absolute atomic E-state index is 0.0577. The van der Waals surface area contributed by atoms with Crippen molar-refractivity contribution >= 4 is 33.4 Å². The molecule has 2 atom stereocenters. The van der Waals surface area contributed by atoms with Gasteiger partial charge in [0.25, 0.3) is 0 Å². The summed E-state index contributed by atoms with van der Waals surface area (Å²) in [5, 5.41) is 1.07. The van der Waals surface area contributed by atoms with Gasteiger partial charge in [0, 0.05) is 11.1 Å². The van der Waals surface area contributed by atoms with Crippen molar-refractivity contribution in [2.24, 2.45) is 0 Å². The quantitative estimate of drug-likeness (QED) is 0.731. The number of alkyl halides is 1. The molecule has 0 radical (unpaired) electrons. The highest BCUT2D eigenvalue weighted by molar-refractivity contribution is 9.09. The van der Waals surface area contributed by atoms with Crippen LogP contribution in [0.15, 0.2) is 24.3 Å². The Morgan fingerprint density at radius 2 is 1.89 bits per heavy atom. The molecule has 0 bridgehead atoms. The van der Waals surface area contributed by atoms with Gasteiger partial charge in [-0.2, -0.15) is 0 Å². The molecule has 0 saturated heterocycles. The molecule has 1 aromatic carbocycles. The van der Waals surface area contributed by atoms with Gasteiger partial charge in [-0.25, -0.2) is 0 Å². The number of carbonyl (C=O) groups excluding carboxylic acids is 1. The molecule has 0 N–H and O–H groups in total. The number of hydrogen-bond acceptors (Lipinski definition) is 1. The highest BCUT2D eigenvalue weighted by atomic mass is 79.9. The zero-order chi connectivity index (χ0) is 13.7. The summed E-state index contributed by atoms with van der Waals surface area (Å²) < 4.78 is 0. The predicted octanol–water partition coefficient (Wildman–Crippen LogP) is 4.42. The van der Waals surface area contributed by atoms with E-state index in [0.717, 1.165) is 12.0 Å². The molecule has 2 nitrogen and oxygen atoms in total. The van der Waals surface area contributed by atoms with Gasteiger partial charge in [0.2, 0.25) is 5.91 Å². The lowest BCUT2D eigenvalue weighted by atomic mass is 10.0. The number of rotatable bonds is 5. The summed E-state index contributed by atoms with van der Waals surface area (Å²) in [4.78, 5) is 14.0. The first-order valence-electron chi connectivity index (χ1n) is 6.13. The standard InChI is InChI=1S/C14H19BrClNO/c1-4-10(2)17(14(18)9-15)11(3)12-5-7-13(16)8-6-12/h5-8,10-11H,4,9H2,1-3H3. The van der Waals surface area contributed by atoms with Crippen LogP contribution in [-0.2, 0) is 4.79 Å². The Labute approximate surface area is 122 Å². The number of benzene rings is 1. The number of halogens is 2. The second kappa shape index (κ2) is 7.15. The summed E-state index contributed by atoms with van der Waals surface area (Å²) in [5.74, 6) is 0.117. The fourth-order valence-corrected chi connectivity index (χ4v) is 2.43. The maximum Gasteiger partial charge on any atom is 0.233 e. The third-order valence-corrected chi connectivity index (χ3v) is 3.97. The third-order valence-electron chi connectivity index (χ3n) is 3.24. The Bertz CT molecular complexity index is 393. The fraction of sp³-hybridized carbons (Fsp3) is 0.500. The van der Waals surface area contributed by atoms with E-state index in [0.29, 0.717) is 10.4 Å². The van der Waals surface area contributed by atoms with Crippen LogP contribution >= 0.6 is 27.5 Å². The van der Waals surface area contributed by atoms with Crippen molar-refractivity contribution in [1.82, 2.24) is 4.90 Å². The van der Waals surface area contributed by atoms with E-state index >= 15 is 0 Å². The van der Waals surface area contributed by atoms with Gasteiger partial charge < -0.3 is 4.90 Å². The number of amides is 1. The molecule has 1 aromatic rings. The number of hydrogen-bond donors (Lipinski definition) is 0. The first kappa shape index (κ1) is 15.5. The summed E-state index contributed by atoms with van der Waals surface area (Å²) in [6, 6.07) is 7.96. The van der Waals surface area contributed by atoms with Crippen LogP contribution in [0.1, 0.15) is 38.8 Å². The lowest BCUT2D eigenvalue weighted by molar-refractivity contribution is -0.132. The van der Waals surface area contributed by atoms with E-state index in [1.807, 2.05) is 29.2 Å². The van der Waals surface area contributed by atoms with Crippen LogP contribution < -0.4 is 0 Å². The SMILES string of the molecule is CCC(C)N(C(=O)CBr)C(C)c1ccc(Cl)cc1. The molecule has 0 saturated carbocycles. The molecule has 1 amide bonds. The summed E-state index contributed by atoms with van der Waals surface area (Å²) in [5.41, 5.74) is 1.11. The maximum absolute atomic E-state index is 12.0. The zero-order valence-corrected chi connectivity index (χ0v) is 13.3. The molecule has 18 heavy (non-hydrogen) atoms. The highest BCUT2D eigenvalue weighted by Gasteiger charge is 2.24. The highest BCUT2D eigenvalue weighted by Crippen LogP contribution is 2.25. The van der Waals surface area contributed by atoms with Gasteiger partial charge >= 0.3 is 0 Å². The summed E-state index contributed by atoms with van der Waals surface area (Å²) in [6.45, 7) is 6.22. The topological polar surface area (TPSA) is 20.3 Å².